The monoisotopic (exact) mass is 307 g/mol. The van der Waals surface area contributed by atoms with Crippen molar-refractivity contribution >= 4 is 27.5 Å². The van der Waals surface area contributed by atoms with E-state index < -0.39 is 0 Å². The zero-order chi connectivity index (χ0) is 13.1. The molecule has 18 heavy (non-hydrogen) atoms. The first-order valence-electron chi connectivity index (χ1n) is 5.71. The lowest BCUT2D eigenvalue weighted by atomic mass is 10.3. The molecule has 0 spiro atoms. The summed E-state index contributed by atoms with van der Waals surface area (Å²) in [6, 6.07) is 9.26. The average molecular weight is 308 g/mol. The molecule has 94 valence electrons. The van der Waals surface area contributed by atoms with E-state index in [2.05, 4.69) is 26.3 Å². The minimum Gasteiger partial charge on any atom is -0.321 e. The van der Waals surface area contributed by atoms with E-state index in [1.165, 1.54) is 0 Å². The van der Waals surface area contributed by atoms with Gasteiger partial charge < -0.3 is 5.32 Å². The smallest absolute Gasteiger partial charge is 0.273 e. The molecule has 0 fully saturated rings. The Morgan fingerprint density at radius 2 is 2.06 bits per heavy atom. The first-order chi connectivity index (χ1) is 8.60. The zero-order valence-corrected chi connectivity index (χ0v) is 11.9. The van der Waals surface area contributed by atoms with Crippen LogP contribution in [-0.2, 0) is 6.54 Å². The van der Waals surface area contributed by atoms with Crippen LogP contribution in [-0.4, -0.2) is 15.7 Å². The predicted octanol–water partition coefficient (Wildman–Crippen LogP) is 3.23. The van der Waals surface area contributed by atoms with E-state index in [4.69, 9.17) is 0 Å². The van der Waals surface area contributed by atoms with Gasteiger partial charge in [-0.2, -0.15) is 5.10 Å². The Morgan fingerprint density at radius 1 is 1.39 bits per heavy atom. The van der Waals surface area contributed by atoms with E-state index in [9.17, 15) is 4.79 Å². The Bertz CT molecular complexity index is 560. The third-order valence-corrected chi connectivity index (χ3v) is 3.07. The van der Waals surface area contributed by atoms with Gasteiger partial charge in [-0.15, -0.1) is 0 Å². The standard InChI is InChI=1S/C13H14BrN3O/c1-3-17-12(8-9(2)16-17)13(18)15-11-6-4-10(14)5-7-11/h4-8H,3H2,1-2H3,(H,15,18). The van der Waals surface area contributed by atoms with Crippen molar-refractivity contribution in [3.8, 4) is 0 Å². The zero-order valence-electron chi connectivity index (χ0n) is 10.3. The molecule has 1 N–H and O–H groups in total. The third kappa shape index (κ3) is 2.79. The molecular formula is C13H14BrN3O. The van der Waals surface area contributed by atoms with Gasteiger partial charge in [-0.25, -0.2) is 0 Å². The van der Waals surface area contributed by atoms with Crippen molar-refractivity contribution < 1.29 is 4.79 Å². The summed E-state index contributed by atoms with van der Waals surface area (Å²) >= 11 is 3.36. The predicted molar refractivity (Wildman–Crippen MR) is 74.7 cm³/mol. The molecule has 5 heteroatoms. The van der Waals surface area contributed by atoms with Crippen LogP contribution in [0.3, 0.4) is 0 Å². The molecule has 1 aromatic heterocycles. The number of aryl methyl sites for hydroxylation is 2. The van der Waals surface area contributed by atoms with E-state index in [-0.39, 0.29) is 5.91 Å². The minimum absolute atomic E-state index is 0.139. The fourth-order valence-corrected chi connectivity index (χ4v) is 1.96. The number of carbonyl (C=O) groups excluding carboxylic acids is 1. The molecule has 0 atom stereocenters. The van der Waals surface area contributed by atoms with Crippen LogP contribution in [0.1, 0.15) is 23.1 Å². The Morgan fingerprint density at radius 3 is 2.67 bits per heavy atom. The Hall–Kier alpha value is -1.62. The van der Waals surface area contributed by atoms with Crippen LogP contribution in [0.5, 0.6) is 0 Å². The summed E-state index contributed by atoms with van der Waals surface area (Å²) in [6.07, 6.45) is 0. The average Bonchev–Trinajstić information content (AvgIpc) is 2.73. The molecule has 0 unspecified atom stereocenters. The number of halogens is 1. The van der Waals surface area contributed by atoms with Gasteiger partial charge >= 0.3 is 0 Å². The molecule has 0 saturated heterocycles. The number of benzene rings is 1. The van der Waals surface area contributed by atoms with Gasteiger partial charge in [-0.3, -0.25) is 9.48 Å². The minimum atomic E-state index is -0.139. The maximum absolute atomic E-state index is 12.1. The SMILES string of the molecule is CCn1nc(C)cc1C(=O)Nc1ccc(Br)cc1. The van der Waals surface area contributed by atoms with Crippen molar-refractivity contribution in [1.29, 1.82) is 0 Å². The van der Waals surface area contributed by atoms with Crippen LogP contribution in [0.4, 0.5) is 5.69 Å². The molecule has 1 aromatic carbocycles. The lowest BCUT2D eigenvalue weighted by Gasteiger charge is -2.06. The topological polar surface area (TPSA) is 46.9 Å². The van der Waals surface area contributed by atoms with Gasteiger partial charge in [-0.1, -0.05) is 15.9 Å². The summed E-state index contributed by atoms with van der Waals surface area (Å²) < 4.78 is 2.68. The highest BCUT2D eigenvalue weighted by molar-refractivity contribution is 9.10. The van der Waals surface area contributed by atoms with Gasteiger partial charge in [-0.05, 0) is 44.2 Å². The Balaban J connectivity index is 2.19. The van der Waals surface area contributed by atoms with Gasteiger partial charge in [0.25, 0.3) is 5.91 Å². The largest absolute Gasteiger partial charge is 0.321 e. The fourth-order valence-electron chi connectivity index (χ4n) is 1.70. The highest BCUT2D eigenvalue weighted by atomic mass is 79.9. The van der Waals surface area contributed by atoms with Gasteiger partial charge in [0, 0.05) is 16.7 Å². The number of nitrogens with one attached hydrogen (secondary N) is 1. The lowest BCUT2D eigenvalue weighted by Crippen LogP contribution is -2.17. The molecule has 0 aliphatic heterocycles. The maximum atomic E-state index is 12.1. The van der Waals surface area contributed by atoms with Crippen LogP contribution >= 0.6 is 15.9 Å². The van der Waals surface area contributed by atoms with Crippen LogP contribution in [0.2, 0.25) is 0 Å². The van der Waals surface area contributed by atoms with Crippen LogP contribution in [0.15, 0.2) is 34.8 Å². The van der Waals surface area contributed by atoms with Gasteiger partial charge in [0.2, 0.25) is 0 Å². The van der Waals surface area contributed by atoms with Gasteiger partial charge in [0.05, 0.1) is 5.69 Å². The van der Waals surface area contributed by atoms with E-state index in [0.29, 0.717) is 12.2 Å². The summed E-state index contributed by atoms with van der Waals surface area (Å²) in [6.45, 7) is 4.52. The molecule has 0 bridgehead atoms. The maximum Gasteiger partial charge on any atom is 0.273 e. The molecular weight excluding hydrogens is 294 g/mol. The van der Waals surface area contributed by atoms with Crippen LogP contribution in [0, 0.1) is 6.92 Å². The third-order valence-electron chi connectivity index (χ3n) is 2.54. The fraction of sp³-hybridized carbons (Fsp3) is 0.231. The summed E-state index contributed by atoms with van der Waals surface area (Å²) in [5, 5.41) is 7.11. The van der Waals surface area contributed by atoms with Crippen molar-refractivity contribution in [2.24, 2.45) is 0 Å². The van der Waals surface area contributed by atoms with Gasteiger partial charge in [0.15, 0.2) is 0 Å². The highest BCUT2D eigenvalue weighted by Crippen LogP contribution is 2.15. The number of hydrogen-bond donors (Lipinski definition) is 1. The summed E-state index contributed by atoms with van der Waals surface area (Å²) in [5.74, 6) is -0.139. The van der Waals surface area contributed by atoms with Crippen LogP contribution < -0.4 is 5.32 Å². The number of carbonyl (C=O) groups is 1. The van der Waals surface area contributed by atoms with Crippen molar-refractivity contribution in [1.82, 2.24) is 9.78 Å². The first kappa shape index (κ1) is 12.8. The first-order valence-corrected chi connectivity index (χ1v) is 6.51. The molecule has 1 heterocycles. The quantitative estimate of drug-likeness (QED) is 0.946. The molecule has 2 aromatic rings. The van der Waals surface area contributed by atoms with Gasteiger partial charge in [0.1, 0.15) is 5.69 Å². The molecule has 2 rings (SSSR count). The number of rotatable bonds is 3. The molecule has 0 aliphatic rings. The van der Waals surface area contributed by atoms with Crippen molar-refractivity contribution in [2.45, 2.75) is 20.4 Å². The number of aromatic nitrogens is 2. The van der Waals surface area contributed by atoms with Crippen molar-refractivity contribution in [3.63, 3.8) is 0 Å². The second kappa shape index (κ2) is 5.35. The summed E-state index contributed by atoms with van der Waals surface area (Å²) in [4.78, 5) is 12.1. The number of hydrogen-bond acceptors (Lipinski definition) is 2. The molecule has 4 nitrogen and oxygen atoms in total. The Kier molecular flexibility index (Phi) is 3.81. The number of anilines is 1. The second-order valence-electron chi connectivity index (χ2n) is 3.95. The normalized spacial score (nSPS) is 10.4. The molecule has 1 amide bonds. The van der Waals surface area contributed by atoms with E-state index in [1.54, 1.807) is 10.7 Å². The number of amides is 1. The van der Waals surface area contributed by atoms with Crippen molar-refractivity contribution in [3.05, 3.63) is 46.2 Å². The summed E-state index contributed by atoms with van der Waals surface area (Å²) in [7, 11) is 0. The van der Waals surface area contributed by atoms with Crippen LogP contribution in [0.25, 0.3) is 0 Å². The van der Waals surface area contributed by atoms with E-state index in [1.807, 2.05) is 38.1 Å². The second-order valence-corrected chi connectivity index (χ2v) is 4.86. The van der Waals surface area contributed by atoms with E-state index in [0.717, 1.165) is 15.9 Å². The summed E-state index contributed by atoms with van der Waals surface area (Å²) in [5.41, 5.74) is 2.19. The number of nitrogens with zero attached hydrogens (tertiary/aromatic N) is 2. The lowest BCUT2D eigenvalue weighted by molar-refractivity contribution is 0.101. The van der Waals surface area contributed by atoms with Crippen molar-refractivity contribution in [2.75, 3.05) is 5.32 Å². The molecule has 0 radical (unpaired) electrons. The Labute approximate surface area is 114 Å². The highest BCUT2D eigenvalue weighted by Gasteiger charge is 2.12. The molecule has 0 aliphatic carbocycles. The molecule has 0 saturated carbocycles. The van der Waals surface area contributed by atoms with E-state index >= 15 is 0 Å².